The fourth-order valence-corrected chi connectivity index (χ4v) is 7.84. The normalized spacial score (nSPS) is 19.9. The third-order valence-corrected chi connectivity index (χ3v) is 11.8. The number of nitrogens with zero attached hydrogens (tertiary/aromatic N) is 2. The third-order valence-electron chi connectivity index (χ3n) is 11.5. The average molecular weight is 751 g/mol. The second kappa shape index (κ2) is 18.0. The van der Waals surface area contributed by atoms with Crippen molar-refractivity contribution in [1.29, 1.82) is 0 Å². The van der Waals surface area contributed by atoms with Crippen LogP contribution in [0.1, 0.15) is 87.3 Å². The molecule has 5 atom stereocenters. The van der Waals surface area contributed by atoms with Gasteiger partial charge in [-0.3, -0.25) is 9.78 Å². The predicted molar refractivity (Wildman–Crippen MR) is 203 cm³/mol. The summed E-state index contributed by atoms with van der Waals surface area (Å²) in [4.78, 5) is 19.5. The number of aromatic nitrogens is 1. The molecule has 5 N–H and O–H groups in total. The maximum atomic E-state index is 13.4. The van der Waals surface area contributed by atoms with E-state index in [2.05, 4.69) is 48.3 Å². The van der Waals surface area contributed by atoms with E-state index in [4.69, 9.17) is 26.2 Å². The molecule has 0 bridgehead atoms. The van der Waals surface area contributed by atoms with Gasteiger partial charge >= 0.3 is 0 Å². The lowest BCUT2D eigenvalue weighted by Crippen LogP contribution is -2.53. The maximum absolute atomic E-state index is 13.4. The summed E-state index contributed by atoms with van der Waals surface area (Å²) in [5.41, 5.74) is 5.89. The number of carbonyl (C=O) groups is 1. The molecule has 2 heterocycles. The summed E-state index contributed by atoms with van der Waals surface area (Å²) in [5.74, 6) is 0.583. The third kappa shape index (κ3) is 9.97. The largest absolute Gasteiger partial charge is 0.490 e. The van der Waals surface area contributed by atoms with Gasteiger partial charge in [-0.25, -0.2) is 0 Å². The van der Waals surface area contributed by atoms with Crippen molar-refractivity contribution in [3.05, 3.63) is 82.6 Å². The van der Waals surface area contributed by atoms with E-state index < -0.39 is 36.9 Å². The molecule has 11 heteroatoms. The SMILES string of the molecule is CC(CCCN(CC1CCOCC1)C(=O)[C@@H](O)[C@@H](O)[C@H](O)[C@@H](O)CO)c1ccc(Cl)c(CCC2(c3cnccc3-c3ccccc3OC3CC3)CC2)c1. The van der Waals surface area contributed by atoms with Crippen LogP contribution in [-0.4, -0.2) is 105 Å². The lowest BCUT2D eigenvalue weighted by atomic mass is 9.84. The van der Waals surface area contributed by atoms with Crippen LogP contribution in [0.2, 0.25) is 5.02 Å². The van der Waals surface area contributed by atoms with Gasteiger partial charge in [0.05, 0.1) is 12.7 Å². The molecule has 10 nitrogen and oxygen atoms in total. The molecule has 53 heavy (non-hydrogen) atoms. The van der Waals surface area contributed by atoms with Gasteiger partial charge in [-0.1, -0.05) is 48.9 Å². The Morgan fingerprint density at radius 1 is 1.02 bits per heavy atom. The van der Waals surface area contributed by atoms with E-state index >= 15 is 0 Å². The number of rotatable bonds is 19. The Morgan fingerprint density at radius 3 is 2.49 bits per heavy atom. The van der Waals surface area contributed by atoms with E-state index in [-0.39, 0.29) is 17.3 Å². The number of ether oxygens (including phenoxy) is 2. The van der Waals surface area contributed by atoms with Crippen molar-refractivity contribution in [2.75, 3.05) is 32.9 Å². The van der Waals surface area contributed by atoms with Gasteiger partial charge in [-0.2, -0.15) is 0 Å². The van der Waals surface area contributed by atoms with Crippen molar-refractivity contribution in [1.82, 2.24) is 9.88 Å². The minimum Gasteiger partial charge on any atom is -0.490 e. The van der Waals surface area contributed by atoms with Crippen LogP contribution in [-0.2, 0) is 21.4 Å². The van der Waals surface area contributed by atoms with Crippen molar-refractivity contribution < 1.29 is 39.8 Å². The van der Waals surface area contributed by atoms with Gasteiger partial charge in [-0.05, 0) is 122 Å². The number of halogens is 1. The summed E-state index contributed by atoms with van der Waals surface area (Å²) in [6.07, 6.45) is 5.96. The number of amides is 1. The number of para-hydroxylation sites is 1. The Labute approximate surface area is 317 Å². The molecule has 1 unspecified atom stereocenters. The summed E-state index contributed by atoms with van der Waals surface area (Å²) >= 11 is 6.80. The first-order chi connectivity index (χ1) is 25.6. The molecule has 0 radical (unpaired) electrons. The molecule has 3 aliphatic rings. The number of hydrogen-bond acceptors (Lipinski definition) is 9. The number of hydrogen-bond donors (Lipinski definition) is 5. The van der Waals surface area contributed by atoms with E-state index in [0.29, 0.717) is 38.8 Å². The number of benzene rings is 2. The molecule has 1 amide bonds. The number of pyridine rings is 1. The minimum atomic E-state index is -1.94. The Hall–Kier alpha value is -3.09. The molecule has 3 fully saturated rings. The summed E-state index contributed by atoms with van der Waals surface area (Å²) in [6.45, 7) is 3.30. The lowest BCUT2D eigenvalue weighted by Gasteiger charge is -2.33. The molecule has 2 aromatic carbocycles. The molecule has 1 aliphatic heterocycles. The predicted octanol–water partition coefficient (Wildman–Crippen LogP) is 5.18. The fraction of sp³-hybridized carbons (Fsp3) is 0.571. The summed E-state index contributed by atoms with van der Waals surface area (Å²) in [7, 11) is 0. The standard InChI is InChI=1S/C42H55ClN2O8/c1-27(5-4-20-45(25-28-14-21-52-22-15-28)41(51)40(50)39(49)38(48)36(47)26-46)29-8-11-35(43)30(23-29)12-16-42(17-18-42)34-24-44-19-13-32(34)33-6-2-3-7-37(33)53-31-9-10-31/h2-3,6-8,11,13,19,23-24,27-28,31,36,38-40,46-50H,4-5,9-10,12,14-18,20-22,25-26H2,1H3/t27?,36-,38+,39-,40-/m0/s1. The first-order valence-corrected chi connectivity index (χ1v) is 19.7. The molecule has 2 saturated carbocycles. The number of carbonyl (C=O) groups excluding carboxylic acids is 1. The van der Waals surface area contributed by atoms with Crippen LogP contribution in [0, 0.1) is 5.92 Å². The highest BCUT2D eigenvalue weighted by atomic mass is 35.5. The Kier molecular flexibility index (Phi) is 13.5. The zero-order valence-electron chi connectivity index (χ0n) is 30.7. The summed E-state index contributed by atoms with van der Waals surface area (Å²) < 4.78 is 11.8. The second-order valence-corrected chi connectivity index (χ2v) is 15.8. The first kappa shape index (κ1) is 39.6. The van der Waals surface area contributed by atoms with E-state index in [9.17, 15) is 25.2 Å². The van der Waals surface area contributed by atoms with Crippen molar-refractivity contribution in [2.24, 2.45) is 5.92 Å². The molecule has 0 spiro atoms. The van der Waals surface area contributed by atoms with Gasteiger partial charge in [0.15, 0.2) is 6.10 Å². The number of aliphatic hydroxyl groups excluding tert-OH is 5. The Bertz CT molecular complexity index is 1660. The maximum Gasteiger partial charge on any atom is 0.254 e. The van der Waals surface area contributed by atoms with Crippen molar-refractivity contribution >= 4 is 17.5 Å². The summed E-state index contributed by atoms with van der Waals surface area (Å²) in [5, 5.41) is 51.0. The average Bonchev–Trinajstić information content (AvgIpc) is 4.14. The van der Waals surface area contributed by atoms with Crippen molar-refractivity contribution in [2.45, 2.75) is 113 Å². The zero-order chi connectivity index (χ0) is 37.5. The quantitative estimate of drug-likeness (QED) is 0.112. The minimum absolute atomic E-state index is 0.0338. The van der Waals surface area contributed by atoms with E-state index in [1.807, 2.05) is 24.5 Å². The fourth-order valence-electron chi connectivity index (χ4n) is 7.62. The molecule has 1 aromatic heterocycles. The van der Waals surface area contributed by atoms with Crippen molar-refractivity contribution in [3.8, 4) is 16.9 Å². The lowest BCUT2D eigenvalue weighted by molar-refractivity contribution is -0.159. The van der Waals surface area contributed by atoms with Gasteiger partial charge < -0.3 is 39.9 Å². The van der Waals surface area contributed by atoms with Crippen LogP contribution >= 0.6 is 11.6 Å². The van der Waals surface area contributed by atoms with Gasteiger partial charge in [0.2, 0.25) is 0 Å². The van der Waals surface area contributed by atoms with Crippen LogP contribution in [0.5, 0.6) is 5.75 Å². The van der Waals surface area contributed by atoms with E-state index in [1.165, 1.54) is 16.7 Å². The monoisotopic (exact) mass is 750 g/mol. The highest BCUT2D eigenvalue weighted by molar-refractivity contribution is 6.31. The van der Waals surface area contributed by atoms with Crippen molar-refractivity contribution in [3.63, 3.8) is 0 Å². The zero-order valence-corrected chi connectivity index (χ0v) is 31.4. The Balaban J connectivity index is 1.09. The topological polar surface area (TPSA) is 153 Å². The molecule has 2 aliphatic carbocycles. The van der Waals surface area contributed by atoms with Gasteiger partial charge in [0, 0.05) is 49.3 Å². The van der Waals surface area contributed by atoms with Crippen LogP contribution in [0.15, 0.2) is 60.9 Å². The second-order valence-electron chi connectivity index (χ2n) is 15.4. The number of aryl methyl sites for hydroxylation is 1. The van der Waals surface area contributed by atoms with Gasteiger partial charge in [0.1, 0.15) is 24.1 Å². The molecule has 6 rings (SSSR count). The molecule has 288 valence electrons. The summed E-state index contributed by atoms with van der Waals surface area (Å²) in [6, 6.07) is 16.7. The highest BCUT2D eigenvalue weighted by Gasteiger charge is 2.45. The first-order valence-electron chi connectivity index (χ1n) is 19.3. The number of aliphatic hydroxyl groups is 5. The molecular formula is C42H55ClN2O8. The van der Waals surface area contributed by atoms with Crippen LogP contribution in [0.25, 0.3) is 11.1 Å². The van der Waals surface area contributed by atoms with Crippen LogP contribution in [0.4, 0.5) is 0 Å². The van der Waals surface area contributed by atoms with E-state index in [1.54, 1.807) is 4.90 Å². The van der Waals surface area contributed by atoms with Gasteiger partial charge in [0.25, 0.3) is 5.91 Å². The molecular weight excluding hydrogens is 696 g/mol. The Morgan fingerprint density at radius 2 is 1.77 bits per heavy atom. The van der Waals surface area contributed by atoms with Crippen LogP contribution in [0.3, 0.4) is 0 Å². The van der Waals surface area contributed by atoms with Gasteiger partial charge in [-0.15, -0.1) is 0 Å². The molecule has 3 aromatic rings. The smallest absolute Gasteiger partial charge is 0.254 e. The van der Waals surface area contributed by atoms with Crippen LogP contribution < -0.4 is 4.74 Å². The van der Waals surface area contributed by atoms with E-state index in [0.717, 1.165) is 79.7 Å². The highest BCUT2D eigenvalue weighted by Crippen LogP contribution is 2.55. The molecule has 1 saturated heterocycles.